The van der Waals surface area contributed by atoms with Crippen LogP contribution in [0.25, 0.3) is 44.5 Å². The molecule has 0 amide bonds. The first-order valence-electron chi connectivity index (χ1n) is 22.5. The van der Waals surface area contributed by atoms with Crippen LogP contribution in [0.4, 0.5) is 17.1 Å². The minimum absolute atomic E-state index is 0.484. The average molecular weight is 828 g/mol. The van der Waals surface area contributed by atoms with Gasteiger partial charge in [0.2, 0.25) is 0 Å². The molecule has 4 aliphatic carbocycles. The average Bonchev–Trinajstić information content (AvgIpc) is 4.05. The lowest BCUT2D eigenvalue weighted by Gasteiger charge is -2.36. The highest BCUT2D eigenvalue weighted by Crippen LogP contribution is 2.68. The Hall–Kier alpha value is -8.40. The zero-order chi connectivity index (χ0) is 42.4. The number of nitrogens with zero attached hydrogens (tertiary/aromatic N) is 1. The van der Waals surface area contributed by atoms with Crippen LogP contribution in [0.15, 0.2) is 224 Å². The van der Waals surface area contributed by atoms with Gasteiger partial charge in [-0.2, -0.15) is 0 Å². The third kappa shape index (κ3) is 4.26. The standard InChI is InChI=1S/C62H37NO2/c1-2-18-38(19-3-1)63(54-33-16-26-45-43-24-8-15-32-52(43)62(59(45)54)50-30-13-6-22-41(50)42-23-7-14-31-51(42)62)55-34-17-35-56-60(55)65-57-36-46-44-25-9-12-29-49(44)61(53(46)37-58(57)64-56)47-27-10-4-20-39(47)40-21-5-11-28-48(40)61/h1-37H. The number of ether oxygens (including phenoxy) is 2. The van der Waals surface area contributed by atoms with Crippen molar-refractivity contribution in [2.75, 3.05) is 4.90 Å². The normalized spacial score (nSPS) is 14.6. The minimum Gasteiger partial charge on any atom is -0.449 e. The molecular formula is C62H37NO2. The molecular weight excluding hydrogens is 791 g/mol. The van der Waals surface area contributed by atoms with Gasteiger partial charge in [0.1, 0.15) is 0 Å². The summed E-state index contributed by atoms with van der Waals surface area (Å²) in [6, 6.07) is 82.0. The number of hydrogen-bond acceptors (Lipinski definition) is 3. The van der Waals surface area contributed by atoms with Gasteiger partial charge in [-0.25, -0.2) is 0 Å². The highest BCUT2D eigenvalue weighted by Gasteiger charge is 2.54. The summed E-state index contributed by atoms with van der Waals surface area (Å²) in [7, 11) is 0. The fourth-order valence-corrected chi connectivity index (χ4v) is 12.7. The number of para-hydroxylation sites is 2. The Morgan fingerprint density at radius 1 is 0.277 bits per heavy atom. The van der Waals surface area contributed by atoms with E-state index < -0.39 is 10.8 Å². The molecule has 0 bridgehead atoms. The molecule has 3 heteroatoms. The third-order valence-electron chi connectivity index (χ3n) is 14.9. The number of hydrogen-bond donors (Lipinski definition) is 0. The van der Waals surface area contributed by atoms with E-state index in [0.29, 0.717) is 23.0 Å². The summed E-state index contributed by atoms with van der Waals surface area (Å²) in [6.45, 7) is 0. The maximum absolute atomic E-state index is 7.31. The molecule has 1 aliphatic heterocycles. The molecule has 1 heterocycles. The summed E-state index contributed by atoms with van der Waals surface area (Å²) in [4.78, 5) is 2.40. The number of benzene rings is 10. The molecule has 5 aliphatic rings. The van der Waals surface area contributed by atoms with Crippen LogP contribution >= 0.6 is 0 Å². The van der Waals surface area contributed by atoms with E-state index in [2.05, 4.69) is 223 Å². The maximum Gasteiger partial charge on any atom is 0.194 e. The molecule has 0 saturated heterocycles. The van der Waals surface area contributed by atoms with Gasteiger partial charge in [-0.15, -0.1) is 0 Å². The zero-order valence-corrected chi connectivity index (χ0v) is 35.1. The second kappa shape index (κ2) is 12.6. The summed E-state index contributed by atoms with van der Waals surface area (Å²) in [6.07, 6.45) is 0. The first-order chi connectivity index (χ1) is 32.3. The van der Waals surface area contributed by atoms with Gasteiger partial charge in [0, 0.05) is 11.3 Å². The second-order valence-electron chi connectivity index (χ2n) is 17.8. The van der Waals surface area contributed by atoms with Crippen molar-refractivity contribution in [2.45, 2.75) is 10.8 Å². The van der Waals surface area contributed by atoms with E-state index in [1.54, 1.807) is 0 Å². The van der Waals surface area contributed by atoms with Crippen LogP contribution in [0.3, 0.4) is 0 Å². The molecule has 3 nitrogen and oxygen atoms in total. The van der Waals surface area contributed by atoms with Gasteiger partial charge < -0.3 is 14.4 Å². The highest BCUT2D eigenvalue weighted by atomic mass is 16.6. The summed E-state index contributed by atoms with van der Waals surface area (Å²) in [5.41, 5.74) is 22.2. The monoisotopic (exact) mass is 827 g/mol. The van der Waals surface area contributed by atoms with Crippen molar-refractivity contribution in [3.05, 3.63) is 269 Å². The predicted molar refractivity (Wildman–Crippen MR) is 260 cm³/mol. The van der Waals surface area contributed by atoms with Gasteiger partial charge in [0.25, 0.3) is 0 Å². The van der Waals surface area contributed by atoms with Gasteiger partial charge in [0.15, 0.2) is 23.0 Å². The van der Waals surface area contributed by atoms with Crippen LogP contribution in [0.1, 0.15) is 44.5 Å². The topological polar surface area (TPSA) is 21.7 Å². The number of anilines is 3. The lowest BCUT2D eigenvalue weighted by Crippen LogP contribution is -2.28. The van der Waals surface area contributed by atoms with E-state index in [0.717, 1.165) is 22.6 Å². The van der Waals surface area contributed by atoms with Crippen molar-refractivity contribution >= 4 is 17.1 Å². The fourth-order valence-electron chi connectivity index (χ4n) is 12.7. The van der Waals surface area contributed by atoms with E-state index in [-0.39, 0.29) is 0 Å². The molecule has 0 aromatic heterocycles. The number of rotatable bonds is 3. The van der Waals surface area contributed by atoms with Gasteiger partial charge in [-0.1, -0.05) is 182 Å². The molecule has 0 radical (unpaired) electrons. The highest BCUT2D eigenvalue weighted by molar-refractivity contribution is 6.01. The summed E-state index contributed by atoms with van der Waals surface area (Å²) < 4.78 is 14.4. The Balaban J connectivity index is 0.952. The Morgan fingerprint density at radius 3 is 1.25 bits per heavy atom. The van der Waals surface area contributed by atoms with Gasteiger partial charge in [0.05, 0.1) is 22.2 Å². The molecule has 0 N–H and O–H groups in total. The third-order valence-corrected chi connectivity index (χ3v) is 14.9. The molecule has 0 atom stereocenters. The lowest BCUT2D eigenvalue weighted by atomic mass is 9.70. The largest absolute Gasteiger partial charge is 0.449 e. The second-order valence-corrected chi connectivity index (χ2v) is 17.8. The molecule has 10 aromatic carbocycles. The van der Waals surface area contributed by atoms with Crippen LogP contribution in [0, 0.1) is 0 Å². The summed E-state index contributed by atoms with van der Waals surface area (Å²) in [5.74, 6) is 2.76. The molecule has 0 unspecified atom stereocenters. The maximum atomic E-state index is 7.31. The van der Waals surface area contributed by atoms with Crippen molar-refractivity contribution in [1.82, 2.24) is 0 Å². The fraction of sp³-hybridized carbons (Fsp3) is 0.0323. The van der Waals surface area contributed by atoms with Crippen LogP contribution in [-0.2, 0) is 10.8 Å². The smallest absolute Gasteiger partial charge is 0.194 e. The van der Waals surface area contributed by atoms with E-state index in [9.17, 15) is 0 Å². The van der Waals surface area contributed by atoms with Crippen molar-refractivity contribution in [1.29, 1.82) is 0 Å². The molecule has 0 fully saturated rings. The van der Waals surface area contributed by atoms with Crippen molar-refractivity contribution in [3.63, 3.8) is 0 Å². The molecule has 65 heavy (non-hydrogen) atoms. The van der Waals surface area contributed by atoms with E-state index in [4.69, 9.17) is 9.47 Å². The molecule has 10 aromatic rings. The van der Waals surface area contributed by atoms with Gasteiger partial charge in [-0.3, -0.25) is 0 Å². The molecule has 15 rings (SSSR count). The molecule has 302 valence electrons. The van der Waals surface area contributed by atoms with E-state index in [1.165, 1.54) is 83.5 Å². The molecule has 2 spiro atoms. The first-order valence-corrected chi connectivity index (χ1v) is 22.5. The lowest BCUT2D eigenvalue weighted by molar-refractivity contribution is 0.360. The zero-order valence-electron chi connectivity index (χ0n) is 35.1. The summed E-state index contributed by atoms with van der Waals surface area (Å²) in [5, 5.41) is 0. The van der Waals surface area contributed by atoms with Crippen LogP contribution in [0.5, 0.6) is 23.0 Å². The minimum atomic E-state index is -0.553. The van der Waals surface area contributed by atoms with Crippen LogP contribution in [0.2, 0.25) is 0 Å². The van der Waals surface area contributed by atoms with Crippen molar-refractivity contribution in [2.24, 2.45) is 0 Å². The Bertz CT molecular complexity index is 3590. The van der Waals surface area contributed by atoms with Crippen LogP contribution in [-0.4, -0.2) is 0 Å². The van der Waals surface area contributed by atoms with Gasteiger partial charge in [-0.05, 0) is 126 Å². The Morgan fingerprint density at radius 2 is 0.692 bits per heavy atom. The van der Waals surface area contributed by atoms with Crippen molar-refractivity contribution < 1.29 is 9.47 Å². The summed E-state index contributed by atoms with van der Waals surface area (Å²) >= 11 is 0. The first kappa shape index (κ1) is 35.1. The van der Waals surface area contributed by atoms with E-state index in [1.807, 2.05) is 6.07 Å². The van der Waals surface area contributed by atoms with Gasteiger partial charge >= 0.3 is 0 Å². The predicted octanol–water partition coefficient (Wildman–Crippen LogP) is 15.7. The van der Waals surface area contributed by atoms with Crippen LogP contribution < -0.4 is 14.4 Å². The Labute approximate surface area is 377 Å². The Kier molecular flexibility index (Phi) is 6.82. The van der Waals surface area contributed by atoms with Crippen molar-refractivity contribution in [3.8, 4) is 67.5 Å². The quantitative estimate of drug-likeness (QED) is 0.177. The SMILES string of the molecule is c1ccc(N(c2cccc3c2Oc2cc4c(cc2O3)C2(c3ccccc3-c3ccccc32)c2ccccc2-4)c2cccc3c2C2(c4ccccc4-c4ccccc42)c2ccccc2-3)cc1. The molecule has 0 saturated carbocycles. The van der Waals surface area contributed by atoms with E-state index >= 15 is 0 Å². The number of fused-ring (bicyclic) bond motifs is 22.